The van der Waals surface area contributed by atoms with Crippen LogP contribution >= 0.6 is 0 Å². The van der Waals surface area contributed by atoms with Crippen molar-refractivity contribution in [3.05, 3.63) is 12.2 Å². The minimum absolute atomic E-state index is 0.129. The molecule has 2 fully saturated rings. The lowest BCUT2D eigenvalue weighted by Crippen LogP contribution is -2.50. The van der Waals surface area contributed by atoms with Crippen molar-refractivity contribution in [1.29, 1.82) is 0 Å². The highest BCUT2D eigenvalue weighted by atomic mass is 16.2. The Labute approximate surface area is 84.9 Å². The molecule has 0 aromatic rings. The second-order valence-electron chi connectivity index (χ2n) is 4.61. The molecule has 0 aliphatic carbocycles. The minimum Gasteiger partial charge on any atom is -0.333 e. The van der Waals surface area contributed by atoms with Gasteiger partial charge in [-0.2, -0.15) is 0 Å². The monoisotopic (exact) mass is 194 g/mol. The molecule has 0 spiro atoms. The maximum atomic E-state index is 11.9. The van der Waals surface area contributed by atoms with E-state index in [0.29, 0.717) is 23.7 Å². The van der Waals surface area contributed by atoms with Gasteiger partial charge in [0.2, 0.25) is 5.91 Å². The molecule has 1 amide bonds. The van der Waals surface area contributed by atoms with Crippen LogP contribution in [0.1, 0.15) is 32.6 Å². The highest BCUT2D eigenvalue weighted by molar-refractivity contribution is 5.92. The molecule has 0 aromatic heterocycles. The summed E-state index contributed by atoms with van der Waals surface area (Å²) in [6, 6.07) is 1.06. The summed E-state index contributed by atoms with van der Waals surface area (Å²) in [6.07, 6.45) is 4.18. The van der Waals surface area contributed by atoms with Crippen molar-refractivity contribution in [3.63, 3.8) is 0 Å². The molecule has 78 valence electrons. The first-order valence-corrected chi connectivity index (χ1v) is 5.33. The number of rotatable bonds is 1. The lowest BCUT2D eigenvalue weighted by Gasteiger charge is -2.37. The molecule has 0 radical (unpaired) electrons. The van der Waals surface area contributed by atoms with Gasteiger partial charge in [0, 0.05) is 23.7 Å². The van der Waals surface area contributed by atoms with Crippen LogP contribution in [0.25, 0.3) is 0 Å². The molecule has 2 saturated heterocycles. The Balaban J connectivity index is 2.15. The van der Waals surface area contributed by atoms with E-state index < -0.39 is 0 Å². The Morgan fingerprint density at radius 1 is 1.36 bits per heavy atom. The smallest absolute Gasteiger partial charge is 0.249 e. The first-order valence-electron chi connectivity index (χ1n) is 5.33. The van der Waals surface area contributed by atoms with Gasteiger partial charge in [-0.1, -0.05) is 6.58 Å². The quantitative estimate of drug-likeness (QED) is 0.634. The Morgan fingerprint density at radius 3 is 2.29 bits per heavy atom. The van der Waals surface area contributed by atoms with E-state index in [1.807, 2.05) is 4.90 Å². The van der Waals surface area contributed by atoms with Gasteiger partial charge in [0.25, 0.3) is 0 Å². The van der Waals surface area contributed by atoms with E-state index in [4.69, 9.17) is 5.73 Å². The fourth-order valence-corrected chi connectivity index (χ4v) is 2.77. The highest BCUT2D eigenvalue weighted by Gasteiger charge is 2.41. The van der Waals surface area contributed by atoms with Crippen molar-refractivity contribution in [1.82, 2.24) is 4.90 Å². The maximum Gasteiger partial charge on any atom is 0.249 e. The third-order valence-corrected chi connectivity index (χ3v) is 3.37. The fraction of sp³-hybridized carbons (Fsp3) is 0.727. The third-order valence-electron chi connectivity index (χ3n) is 3.37. The second-order valence-corrected chi connectivity index (χ2v) is 4.61. The molecule has 2 rings (SSSR count). The molecule has 2 heterocycles. The summed E-state index contributed by atoms with van der Waals surface area (Å²) in [5.41, 5.74) is 6.58. The summed E-state index contributed by atoms with van der Waals surface area (Å²) >= 11 is 0. The van der Waals surface area contributed by atoms with E-state index >= 15 is 0 Å². The number of nitrogens with two attached hydrogens (primary N) is 1. The molecule has 14 heavy (non-hydrogen) atoms. The molecule has 2 bridgehead atoms. The van der Waals surface area contributed by atoms with E-state index in [0.717, 1.165) is 25.7 Å². The van der Waals surface area contributed by atoms with Crippen LogP contribution in [0.4, 0.5) is 0 Å². The predicted molar refractivity (Wildman–Crippen MR) is 55.7 cm³/mol. The van der Waals surface area contributed by atoms with Crippen molar-refractivity contribution >= 4 is 5.91 Å². The Kier molecular flexibility index (Phi) is 2.35. The molecule has 3 nitrogen and oxygen atoms in total. The van der Waals surface area contributed by atoms with Crippen molar-refractivity contribution in [2.45, 2.75) is 50.7 Å². The number of carbonyl (C=O) groups is 1. The number of fused-ring (bicyclic) bond motifs is 2. The van der Waals surface area contributed by atoms with Gasteiger partial charge in [-0.3, -0.25) is 4.79 Å². The normalized spacial score (nSPS) is 35.9. The Hall–Kier alpha value is -0.830. The van der Waals surface area contributed by atoms with Crippen LogP contribution in [0.5, 0.6) is 0 Å². The van der Waals surface area contributed by atoms with Crippen molar-refractivity contribution in [2.24, 2.45) is 5.73 Å². The second kappa shape index (κ2) is 3.39. The third kappa shape index (κ3) is 1.46. The van der Waals surface area contributed by atoms with Gasteiger partial charge in [-0.15, -0.1) is 0 Å². The van der Waals surface area contributed by atoms with Gasteiger partial charge in [0.05, 0.1) is 0 Å². The van der Waals surface area contributed by atoms with Gasteiger partial charge in [-0.05, 0) is 32.6 Å². The van der Waals surface area contributed by atoms with Crippen LogP contribution in [-0.2, 0) is 4.79 Å². The van der Waals surface area contributed by atoms with Crippen molar-refractivity contribution < 1.29 is 4.79 Å². The first kappa shape index (κ1) is 9.71. The van der Waals surface area contributed by atoms with E-state index in [1.165, 1.54) is 0 Å². The molecule has 3 atom stereocenters. The predicted octanol–water partition coefficient (Wildman–Crippen LogP) is 1.04. The highest BCUT2D eigenvalue weighted by Crippen LogP contribution is 2.35. The summed E-state index contributed by atoms with van der Waals surface area (Å²) in [5, 5.41) is 0. The summed E-state index contributed by atoms with van der Waals surface area (Å²) in [6.45, 7) is 5.51. The zero-order chi connectivity index (χ0) is 10.3. The van der Waals surface area contributed by atoms with Gasteiger partial charge in [0.1, 0.15) is 0 Å². The number of hydrogen-bond acceptors (Lipinski definition) is 2. The molecular formula is C11H18N2O. The lowest BCUT2D eigenvalue weighted by atomic mass is 9.97. The molecule has 2 aliphatic rings. The number of piperidine rings is 1. The van der Waals surface area contributed by atoms with E-state index in [1.54, 1.807) is 6.92 Å². The maximum absolute atomic E-state index is 11.9. The average Bonchev–Trinajstić information content (AvgIpc) is 2.37. The fourth-order valence-electron chi connectivity index (χ4n) is 2.77. The van der Waals surface area contributed by atoms with Crippen molar-refractivity contribution in [3.8, 4) is 0 Å². The number of carbonyl (C=O) groups excluding carboxylic acids is 1. The van der Waals surface area contributed by atoms with Crippen LogP contribution < -0.4 is 5.73 Å². The van der Waals surface area contributed by atoms with E-state index in [-0.39, 0.29) is 5.91 Å². The summed E-state index contributed by atoms with van der Waals surface area (Å²) in [5.74, 6) is 0.129. The Morgan fingerprint density at radius 2 is 1.86 bits per heavy atom. The van der Waals surface area contributed by atoms with Crippen LogP contribution in [0.3, 0.4) is 0 Å². The van der Waals surface area contributed by atoms with Crippen molar-refractivity contribution in [2.75, 3.05) is 0 Å². The minimum atomic E-state index is 0.129. The Bertz CT molecular complexity index is 260. The topological polar surface area (TPSA) is 46.3 Å². The zero-order valence-electron chi connectivity index (χ0n) is 8.70. The lowest BCUT2D eigenvalue weighted by molar-refractivity contribution is -0.131. The first-order chi connectivity index (χ1) is 6.59. The number of hydrogen-bond donors (Lipinski definition) is 1. The van der Waals surface area contributed by atoms with Crippen LogP contribution in [0, 0.1) is 0 Å². The number of nitrogens with zero attached hydrogens (tertiary/aromatic N) is 1. The van der Waals surface area contributed by atoms with Gasteiger partial charge < -0.3 is 10.6 Å². The van der Waals surface area contributed by atoms with E-state index in [9.17, 15) is 4.79 Å². The standard InChI is InChI=1S/C11H18N2O/c1-7(2)11(14)13-9-3-4-10(13)6-8(12)5-9/h8-10H,1,3-6,12H2,2H3/t8?,9-,10+. The number of amides is 1. The SMILES string of the molecule is C=C(C)C(=O)N1[C@@H]2CC[C@H]1CC(N)C2. The molecule has 1 unspecified atom stereocenters. The molecular weight excluding hydrogens is 176 g/mol. The summed E-state index contributed by atoms with van der Waals surface area (Å²) < 4.78 is 0. The van der Waals surface area contributed by atoms with E-state index in [2.05, 4.69) is 6.58 Å². The summed E-state index contributed by atoms with van der Waals surface area (Å²) in [7, 11) is 0. The van der Waals surface area contributed by atoms with Gasteiger partial charge >= 0.3 is 0 Å². The molecule has 2 N–H and O–H groups in total. The molecule has 0 aromatic carbocycles. The summed E-state index contributed by atoms with van der Waals surface area (Å²) in [4.78, 5) is 13.9. The molecule has 2 aliphatic heterocycles. The van der Waals surface area contributed by atoms with Gasteiger partial charge in [-0.25, -0.2) is 0 Å². The molecule has 0 saturated carbocycles. The van der Waals surface area contributed by atoms with Crippen LogP contribution in [-0.4, -0.2) is 28.9 Å². The largest absolute Gasteiger partial charge is 0.333 e. The zero-order valence-corrected chi connectivity index (χ0v) is 8.70. The van der Waals surface area contributed by atoms with Crippen LogP contribution in [0.2, 0.25) is 0 Å². The average molecular weight is 194 g/mol. The van der Waals surface area contributed by atoms with Gasteiger partial charge in [0.15, 0.2) is 0 Å². The van der Waals surface area contributed by atoms with Crippen LogP contribution in [0.15, 0.2) is 12.2 Å². The molecule has 3 heteroatoms.